The van der Waals surface area contributed by atoms with Gasteiger partial charge >= 0.3 is 0 Å². The van der Waals surface area contributed by atoms with Crippen LogP contribution in [0.1, 0.15) is 15.9 Å². The van der Waals surface area contributed by atoms with Gasteiger partial charge in [-0.3, -0.25) is 4.79 Å². The minimum Gasteiger partial charge on any atom is -0.396 e. The van der Waals surface area contributed by atoms with E-state index in [1.165, 1.54) is 23.1 Å². The SMILES string of the molecule is CN(Cc1ccc(Br)cc1)C(=O)c1cccc(F)c1N. The summed E-state index contributed by atoms with van der Waals surface area (Å²) < 4.78 is 14.3. The molecule has 104 valence electrons. The summed E-state index contributed by atoms with van der Waals surface area (Å²) in [4.78, 5) is 13.8. The summed E-state index contributed by atoms with van der Waals surface area (Å²) in [6.07, 6.45) is 0. The van der Waals surface area contributed by atoms with Crippen molar-refractivity contribution < 1.29 is 9.18 Å². The van der Waals surface area contributed by atoms with Crippen molar-refractivity contribution in [3.8, 4) is 0 Å². The largest absolute Gasteiger partial charge is 0.396 e. The summed E-state index contributed by atoms with van der Waals surface area (Å²) in [6.45, 7) is 0.433. The van der Waals surface area contributed by atoms with E-state index in [4.69, 9.17) is 5.73 Å². The molecule has 0 bridgehead atoms. The predicted molar refractivity (Wildman–Crippen MR) is 80.8 cm³/mol. The highest BCUT2D eigenvalue weighted by Gasteiger charge is 2.16. The average molecular weight is 337 g/mol. The van der Waals surface area contributed by atoms with Crippen LogP contribution in [0.3, 0.4) is 0 Å². The third kappa shape index (κ3) is 3.17. The number of para-hydroxylation sites is 1. The first kappa shape index (κ1) is 14.5. The second kappa shape index (κ2) is 6.05. The zero-order chi connectivity index (χ0) is 14.7. The van der Waals surface area contributed by atoms with E-state index in [2.05, 4.69) is 15.9 Å². The van der Waals surface area contributed by atoms with Crippen LogP contribution in [0.4, 0.5) is 10.1 Å². The molecule has 0 radical (unpaired) electrons. The smallest absolute Gasteiger partial charge is 0.256 e. The molecule has 0 aliphatic rings. The van der Waals surface area contributed by atoms with E-state index in [9.17, 15) is 9.18 Å². The summed E-state index contributed by atoms with van der Waals surface area (Å²) >= 11 is 3.36. The molecule has 20 heavy (non-hydrogen) atoms. The molecule has 0 saturated heterocycles. The summed E-state index contributed by atoms with van der Waals surface area (Å²) in [6, 6.07) is 11.9. The van der Waals surface area contributed by atoms with Crippen LogP contribution in [0.15, 0.2) is 46.9 Å². The fourth-order valence-corrected chi connectivity index (χ4v) is 2.13. The van der Waals surface area contributed by atoms with Crippen LogP contribution in [-0.4, -0.2) is 17.9 Å². The lowest BCUT2D eigenvalue weighted by Crippen LogP contribution is -2.27. The van der Waals surface area contributed by atoms with E-state index in [0.717, 1.165) is 10.0 Å². The van der Waals surface area contributed by atoms with Crippen LogP contribution in [0.2, 0.25) is 0 Å². The van der Waals surface area contributed by atoms with Crippen molar-refractivity contribution in [1.82, 2.24) is 4.90 Å². The van der Waals surface area contributed by atoms with Crippen molar-refractivity contribution in [3.05, 3.63) is 63.9 Å². The van der Waals surface area contributed by atoms with Gasteiger partial charge in [-0.1, -0.05) is 34.1 Å². The van der Waals surface area contributed by atoms with Gasteiger partial charge in [0, 0.05) is 18.1 Å². The molecule has 0 aliphatic heterocycles. The molecule has 2 aromatic rings. The van der Waals surface area contributed by atoms with E-state index >= 15 is 0 Å². The molecule has 0 saturated carbocycles. The summed E-state index contributed by atoms with van der Waals surface area (Å²) in [5, 5.41) is 0. The third-order valence-electron chi connectivity index (χ3n) is 2.96. The maximum Gasteiger partial charge on any atom is 0.256 e. The van der Waals surface area contributed by atoms with Gasteiger partial charge in [0.15, 0.2) is 0 Å². The first-order valence-corrected chi connectivity index (χ1v) is 6.82. The second-order valence-electron chi connectivity index (χ2n) is 4.49. The van der Waals surface area contributed by atoms with Crippen LogP contribution >= 0.6 is 15.9 Å². The Labute approximate surface area is 125 Å². The number of rotatable bonds is 3. The summed E-state index contributed by atoms with van der Waals surface area (Å²) in [5.74, 6) is -0.877. The van der Waals surface area contributed by atoms with E-state index < -0.39 is 5.82 Å². The first-order valence-electron chi connectivity index (χ1n) is 6.03. The van der Waals surface area contributed by atoms with E-state index in [1.54, 1.807) is 7.05 Å². The number of carbonyl (C=O) groups excluding carboxylic acids is 1. The molecule has 1 amide bonds. The van der Waals surface area contributed by atoms with Crippen LogP contribution < -0.4 is 5.73 Å². The number of halogens is 2. The Bertz CT molecular complexity index is 628. The van der Waals surface area contributed by atoms with E-state index in [0.29, 0.717) is 6.54 Å². The Hall–Kier alpha value is -1.88. The highest BCUT2D eigenvalue weighted by Crippen LogP contribution is 2.18. The average Bonchev–Trinajstić information content (AvgIpc) is 2.43. The van der Waals surface area contributed by atoms with Gasteiger partial charge in [-0.15, -0.1) is 0 Å². The molecule has 0 aliphatic carbocycles. The molecule has 0 fully saturated rings. The monoisotopic (exact) mass is 336 g/mol. The van der Waals surface area contributed by atoms with Gasteiger partial charge in [0.05, 0.1) is 11.3 Å². The van der Waals surface area contributed by atoms with Crippen molar-refractivity contribution in [3.63, 3.8) is 0 Å². The lowest BCUT2D eigenvalue weighted by Gasteiger charge is -2.18. The minimum absolute atomic E-state index is 0.111. The fraction of sp³-hybridized carbons (Fsp3) is 0.133. The molecule has 2 aromatic carbocycles. The number of amides is 1. The molecule has 0 atom stereocenters. The minimum atomic E-state index is -0.576. The molecule has 5 heteroatoms. The number of nitrogen functional groups attached to an aromatic ring is 1. The maximum atomic E-state index is 13.4. The van der Waals surface area contributed by atoms with Gasteiger partial charge in [0.2, 0.25) is 0 Å². The van der Waals surface area contributed by atoms with E-state index in [1.807, 2.05) is 24.3 Å². The van der Waals surface area contributed by atoms with Gasteiger partial charge in [0.25, 0.3) is 5.91 Å². The van der Waals surface area contributed by atoms with Crippen molar-refractivity contribution in [2.24, 2.45) is 0 Å². The maximum absolute atomic E-state index is 13.4. The third-order valence-corrected chi connectivity index (χ3v) is 3.49. The zero-order valence-electron chi connectivity index (χ0n) is 10.9. The van der Waals surface area contributed by atoms with Crippen molar-refractivity contribution in [1.29, 1.82) is 0 Å². The van der Waals surface area contributed by atoms with Crippen LogP contribution in [0.5, 0.6) is 0 Å². The topological polar surface area (TPSA) is 46.3 Å². The zero-order valence-corrected chi connectivity index (χ0v) is 12.5. The first-order chi connectivity index (χ1) is 9.49. The Kier molecular flexibility index (Phi) is 4.39. The lowest BCUT2D eigenvalue weighted by atomic mass is 10.1. The lowest BCUT2D eigenvalue weighted by molar-refractivity contribution is 0.0785. The number of nitrogens with two attached hydrogens (primary N) is 1. The number of anilines is 1. The van der Waals surface area contributed by atoms with Crippen LogP contribution in [0.25, 0.3) is 0 Å². The Morgan fingerprint density at radius 3 is 2.55 bits per heavy atom. The molecule has 0 spiro atoms. The van der Waals surface area contributed by atoms with Crippen molar-refractivity contribution in [2.45, 2.75) is 6.54 Å². The van der Waals surface area contributed by atoms with Crippen LogP contribution in [0, 0.1) is 5.82 Å². The molecule has 2 rings (SSSR count). The molecular weight excluding hydrogens is 323 g/mol. The highest BCUT2D eigenvalue weighted by molar-refractivity contribution is 9.10. The van der Waals surface area contributed by atoms with Gasteiger partial charge in [0.1, 0.15) is 5.82 Å². The fourth-order valence-electron chi connectivity index (χ4n) is 1.86. The molecule has 0 unspecified atom stereocenters. The number of hydrogen-bond acceptors (Lipinski definition) is 2. The number of hydrogen-bond donors (Lipinski definition) is 1. The number of carbonyl (C=O) groups is 1. The van der Waals surface area contributed by atoms with Crippen molar-refractivity contribution >= 4 is 27.5 Å². The van der Waals surface area contributed by atoms with Gasteiger partial charge < -0.3 is 10.6 Å². The second-order valence-corrected chi connectivity index (χ2v) is 5.40. The van der Waals surface area contributed by atoms with Gasteiger partial charge in [-0.05, 0) is 29.8 Å². The molecule has 0 heterocycles. The summed E-state index contributed by atoms with van der Waals surface area (Å²) in [7, 11) is 1.66. The highest BCUT2D eigenvalue weighted by atomic mass is 79.9. The van der Waals surface area contributed by atoms with Crippen molar-refractivity contribution in [2.75, 3.05) is 12.8 Å². The normalized spacial score (nSPS) is 10.3. The summed E-state index contributed by atoms with van der Waals surface area (Å²) in [5.41, 5.74) is 6.66. The van der Waals surface area contributed by atoms with Crippen LogP contribution in [-0.2, 0) is 6.54 Å². The molecular formula is C15H14BrFN2O. The molecule has 2 N–H and O–H groups in total. The Morgan fingerprint density at radius 1 is 1.25 bits per heavy atom. The number of nitrogens with zero attached hydrogens (tertiary/aromatic N) is 1. The van der Waals surface area contributed by atoms with Gasteiger partial charge in [-0.25, -0.2) is 4.39 Å². The quantitative estimate of drug-likeness (QED) is 0.872. The Morgan fingerprint density at radius 2 is 1.90 bits per heavy atom. The predicted octanol–water partition coefficient (Wildman–Crippen LogP) is 3.44. The Balaban J connectivity index is 2.16. The standard InChI is InChI=1S/C15H14BrFN2O/c1-19(9-10-5-7-11(16)8-6-10)15(20)12-3-2-4-13(17)14(12)18/h2-8H,9,18H2,1H3. The van der Waals surface area contributed by atoms with Gasteiger partial charge in [-0.2, -0.15) is 0 Å². The number of benzene rings is 2. The molecule has 0 aromatic heterocycles. The van der Waals surface area contributed by atoms with E-state index in [-0.39, 0.29) is 17.2 Å². The molecule has 3 nitrogen and oxygen atoms in total.